The summed E-state index contributed by atoms with van der Waals surface area (Å²) in [4.78, 5) is 14.4. The maximum Gasteiger partial charge on any atom is 0.313 e. The van der Waals surface area contributed by atoms with Gasteiger partial charge in [-0.15, -0.1) is 0 Å². The summed E-state index contributed by atoms with van der Waals surface area (Å²) in [7, 11) is 3.97. The van der Waals surface area contributed by atoms with Gasteiger partial charge >= 0.3 is 5.97 Å². The van der Waals surface area contributed by atoms with Gasteiger partial charge in [-0.3, -0.25) is 4.79 Å². The molecule has 0 saturated heterocycles. The Kier molecular flexibility index (Phi) is 5.05. The SMILES string of the molecule is CN(C)c1ccc(C(N)C(C)(C)C(=O)OC(C)(C)C)cc1. The zero-order chi connectivity index (χ0) is 16.4. The van der Waals surface area contributed by atoms with Crippen LogP contribution in [-0.4, -0.2) is 25.7 Å². The molecule has 1 unspecified atom stereocenters. The first-order valence-electron chi connectivity index (χ1n) is 7.21. The van der Waals surface area contributed by atoms with Crippen molar-refractivity contribution in [1.29, 1.82) is 0 Å². The van der Waals surface area contributed by atoms with E-state index < -0.39 is 17.1 Å². The van der Waals surface area contributed by atoms with Crippen LogP contribution in [0.4, 0.5) is 5.69 Å². The molecule has 0 radical (unpaired) electrons. The summed E-state index contributed by atoms with van der Waals surface area (Å²) in [5.41, 5.74) is 7.03. The van der Waals surface area contributed by atoms with E-state index in [1.807, 2.05) is 77.9 Å². The fourth-order valence-electron chi connectivity index (χ4n) is 1.93. The van der Waals surface area contributed by atoms with Gasteiger partial charge in [-0.2, -0.15) is 0 Å². The Hall–Kier alpha value is -1.55. The van der Waals surface area contributed by atoms with Crippen molar-refractivity contribution < 1.29 is 9.53 Å². The van der Waals surface area contributed by atoms with Gasteiger partial charge in [0.15, 0.2) is 0 Å². The van der Waals surface area contributed by atoms with E-state index in [1.54, 1.807) is 0 Å². The summed E-state index contributed by atoms with van der Waals surface area (Å²) < 4.78 is 5.48. The fraction of sp³-hybridized carbons (Fsp3) is 0.588. The average Bonchev–Trinajstić information content (AvgIpc) is 2.35. The van der Waals surface area contributed by atoms with Gasteiger partial charge in [0, 0.05) is 25.8 Å². The number of hydrogen-bond donors (Lipinski definition) is 1. The maximum absolute atomic E-state index is 12.4. The Morgan fingerprint density at radius 1 is 1.10 bits per heavy atom. The third-order valence-corrected chi connectivity index (χ3v) is 3.47. The van der Waals surface area contributed by atoms with Crippen molar-refractivity contribution in [1.82, 2.24) is 0 Å². The molecule has 4 nitrogen and oxygen atoms in total. The van der Waals surface area contributed by atoms with Crippen LogP contribution in [0.3, 0.4) is 0 Å². The number of anilines is 1. The highest BCUT2D eigenvalue weighted by Gasteiger charge is 2.38. The second-order valence-electron chi connectivity index (χ2n) is 7.19. The Labute approximate surface area is 128 Å². The number of carbonyl (C=O) groups excluding carboxylic acids is 1. The van der Waals surface area contributed by atoms with Gasteiger partial charge in [-0.05, 0) is 52.3 Å². The summed E-state index contributed by atoms with van der Waals surface area (Å²) in [6.07, 6.45) is 0. The predicted octanol–water partition coefficient (Wildman–Crippen LogP) is 3.12. The van der Waals surface area contributed by atoms with Crippen LogP contribution in [0.25, 0.3) is 0 Å². The molecule has 0 aliphatic rings. The summed E-state index contributed by atoms with van der Waals surface area (Å²) >= 11 is 0. The topological polar surface area (TPSA) is 55.6 Å². The van der Waals surface area contributed by atoms with Crippen molar-refractivity contribution in [2.75, 3.05) is 19.0 Å². The minimum atomic E-state index is -0.785. The molecule has 4 heteroatoms. The number of ether oxygens (including phenoxy) is 1. The van der Waals surface area contributed by atoms with E-state index in [0.29, 0.717) is 0 Å². The Bertz CT molecular complexity index is 485. The lowest BCUT2D eigenvalue weighted by Crippen LogP contribution is -2.41. The summed E-state index contributed by atoms with van der Waals surface area (Å²) in [6.45, 7) is 9.23. The van der Waals surface area contributed by atoms with Crippen LogP contribution in [-0.2, 0) is 9.53 Å². The van der Waals surface area contributed by atoms with Crippen LogP contribution in [0.5, 0.6) is 0 Å². The van der Waals surface area contributed by atoms with Crippen molar-refractivity contribution in [3.05, 3.63) is 29.8 Å². The molecule has 21 heavy (non-hydrogen) atoms. The minimum Gasteiger partial charge on any atom is -0.460 e. The molecule has 1 aromatic carbocycles. The van der Waals surface area contributed by atoms with Gasteiger partial charge in [-0.25, -0.2) is 0 Å². The molecular weight excluding hydrogens is 264 g/mol. The lowest BCUT2D eigenvalue weighted by atomic mass is 9.81. The van der Waals surface area contributed by atoms with Crippen LogP contribution < -0.4 is 10.6 Å². The molecule has 2 N–H and O–H groups in total. The molecule has 1 rings (SSSR count). The zero-order valence-electron chi connectivity index (χ0n) is 14.2. The number of hydrogen-bond acceptors (Lipinski definition) is 4. The molecule has 118 valence electrons. The number of carbonyl (C=O) groups is 1. The highest BCUT2D eigenvalue weighted by Crippen LogP contribution is 2.34. The summed E-state index contributed by atoms with van der Waals surface area (Å²) in [5, 5.41) is 0. The van der Waals surface area contributed by atoms with Crippen molar-refractivity contribution in [2.24, 2.45) is 11.1 Å². The average molecular weight is 292 g/mol. The number of benzene rings is 1. The van der Waals surface area contributed by atoms with E-state index in [1.165, 1.54) is 0 Å². The quantitative estimate of drug-likeness (QED) is 0.866. The van der Waals surface area contributed by atoms with Gasteiger partial charge < -0.3 is 15.4 Å². The molecule has 0 aliphatic heterocycles. The van der Waals surface area contributed by atoms with E-state index in [-0.39, 0.29) is 5.97 Å². The molecule has 0 spiro atoms. The Balaban J connectivity index is 2.94. The van der Waals surface area contributed by atoms with Gasteiger partial charge in [0.1, 0.15) is 5.60 Å². The Morgan fingerprint density at radius 3 is 1.95 bits per heavy atom. The van der Waals surface area contributed by atoms with E-state index in [4.69, 9.17) is 10.5 Å². The smallest absolute Gasteiger partial charge is 0.313 e. The highest BCUT2D eigenvalue weighted by molar-refractivity contribution is 5.77. The number of esters is 1. The molecular formula is C17H28N2O2. The molecule has 1 aromatic rings. The third-order valence-electron chi connectivity index (χ3n) is 3.47. The van der Waals surface area contributed by atoms with Crippen molar-refractivity contribution in [3.8, 4) is 0 Å². The molecule has 0 aliphatic carbocycles. The monoisotopic (exact) mass is 292 g/mol. The summed E-state index contributed by atoms with van der Waals surface area (Å²) in [6, 6.07) is 7.52. The predicted molar refractivity (Wildman–Crippen MR) is 87.3 cm³/mol. The molecule has 1 atom stereocenters. The second-order valence-corrected chi connectivity index (χ2v) is 7.19. The Morgan fingerprint density at radius 2 is 1.57 bits per heavy atom. The first kappa shape index (κ1) is 17.5. The van der Waals surface area contributed by atoms with E-state index in [9.17, 15) is 4.79 Å². The molecule has 0 fully saturated rings. The molecule has 0 bridgehead atoms. The molecule has 0 heterocycles. The van der Waals surface area contributed by atoms with E-state index in [2.05, 4.69) is 0 Å². The largest absolute Gasteiger partial charge is 0.460 e. The fourth-order valence-corrected chi connectivity index (χ4v) is 1.93. The van der Waals surface area contributed by atoms with Crippen molar-refractivity contribution in [2.45, 2.75) is 46.3 Å². The van der Waals surface area contributed by atoms with Crippen LogP contribution in [0.2, 0.25) is 0 Å². The second kappa shape index (κ2) is 6.06. The highest BCUT2D eigenvalue weighted by atomic mass is 16.6. The third kappa shape index (κ3) is 4.46. The van der Waals surface area contributed by atoms with Crippen molar-refractivity contribution in [3.63, 3.8) is 0 Å². The maximum atomic E-state index is 12.4. The van der Waals surface area contributed by atoms with E-state index in [0.717, 1.165) is 11.3 Å². The van der Waals surface area contributed by atoms with Crippen LogP contribution in [0.1, 0.15) is 46.2 Å². The first-order chi connectivity index (χ1) is 9.45. The van der Waals surface area contributed by atoms with Gasteiger partial charge in [0.25, 0.3) is 0 Å². The van der Waals surface area contributed by atoms with Gasteiger partial charge in [0.2, 0.25) is 0 Å². The van der Waals surface area contributed by atoms with Gasteiger partial charge in [0.05, 0.1) is 5.41 Å². The van der Waals surface area contributed by atoms with Crippen molar-refractivity contribution >= 4 is 11.7 Å². The number of nitrogens with zero attached hydrogens (tertiary/aromatic N) is 1. The standard InChI is InChI=1S/C17H28N2O2/c1-16(2,3)21-15(20)17(4,5)14(18)12-8-10-13(11-9-12)19(6)7/h8-11,14H,18H2,1-7H3. The normalized spacial score (nSPS) is 13.7. The van der Waals surface area contributed by atoms with Crippen LogP contribution in [0.15, 0.2) is 24.3 Å². The minimum absolute atomic E-state index is 0.279. The zero-order valence-corrected chi connectivity index (χ0v) is 14.2. The summed E-state index contributed by atoms with van der Waals surface area (Å²) in [5.74, 6) is -0.279. The molecule has 0 saturated carbocycles. The lowest BCUT2D eigenvalue weighted by molar-refractivity contribution is -0.167. The van der Waals surface area contributed by atoms with E-state index >= 15 is 0 Å². The number of rotatable bonds is 4. The first-order valence-corrected chi connectivity index (χ1v) is 7.21. The van der Waals surface area contributed by atoms with Crippen LogP contribution >= 0.6 is 0 Å². The molecule has 0 aromatic heterocycles. The number of nitrogens with two attached hydrogens (primary N) is 1. The van der Waals surface area contributed by atoms with Crippen LogP contribution in [0, 0.1) is 5.41 Å². The molecule has 0 amide bonds. The lowest BCUT2D eigenvalue weighted by Gasteiger charge is -2.33. The van der Waals surface area contributed by atoms with Gasteiger partial charge in [-0.1, -0.05) is 12.1 Å².